The van der Waals surface area contributed by atoms with Gasteiger partial charge < -0.3 is 24.7 Å². The van der Waals surface area contributed by atoms with E-state index in [1.54, 1.807) is 6.92 Å². The summed E-state index contributed by atoms with van der Waals surface area (Å²) in [7, 11) is 0. The van der Waals surface area contributed by atoms with Crippen LogP contribution >= 0.6 is 0 Å². The Morgan fingerprint density at radius 3 is 2.33 bits per heavy atom. The van der Waals surface area contributed by atoms with Crippen molar-refractivity contribution >= 4 is 11.8 Å². The largest absolute Gasteiger partial charge is 0.455 e. The lowest BCUT2D eigenvalue weighted by atomic mass is 9.97. The number of anilines is 1. The second-order valence-corrected chi connectivity index (χ2v) is 8.75. The van der Waals surface area contributed by atoms with Gasteiger partial charge in [-0.2, -0.15) is 4.98 Å². The summed E-state index contributed by atoms with van der Waals surface area (Å²) in [4.78, 5) is 28.2. The third kappa shape index (κ3) is 5.78. The van der Waals surface area contributed by atoms with Crippen molar-refractivity contribution < 1.29 is 28.1 Å². The average molecular weight is 498 g/mol. The maximum atomic E-state index is 14.3. The Kier molecular flexibility index (Phi) is 7.78. The van der Waals surface area contributed by atoms with Crippen LogP contribution in [0.5, 0.6) is 0 Å². The predicted octanol–water partition coefficient (Wildman–Crippen LogP) is 2.99. The summed E-state index contributed by atoms with van der Waals surface area (Å²) < 4.78 is 39.2. The zero-order chi connectivity index (χ0) is 25.7. The molecule has 36 heavy (non-hydrogen) atoms. The van der Waals surface area contributed by atoms with E-state index in [4.69, 9.17) is 24.7 Å². The fourth-order valence-corrected chi connectivity index (χ4v) is 4.17. The molecule has 4 atom stereocenters. The first-order chi connectivity index (χ1) is 17.3. The summed E-state index contributed by atoms with van der Waals surface area (Å²) in [5, 5.41) is 0. The van der Waals surface area contributed by atoms with Crippen LogP contribution in [0.15, 0.2) is 71.7 Å². The van der Waals surface area contributed by atoms with Gasteiger partial charge in [0.15, 0.2) is 24.0 Å². The Bertz CT molecular complexity index is 1240. The maximum absolute atomic E-state index is 14.3. The summed E-state index contributed by atoms with van der Waals surface area (Å²) >= 11 is 0. The van der Waals surface area contributed by atoms with Gasteiger partial charge in [-0.15, -0.1) is 0 Å². The molecule has 2 aromatic carbocycles. The van der Waals surface area contributed by atoms with Crippen LogP contribution in [0.3, 0.4) is 0 Å². The fraction of sp³-hybridized carbons (Fsp3) is 0.346. The molecule has 1 fully saturated rings. The van der Waals surface area contributed by atoms with E-state index in [0.29, 0.717) is 6.61 Å². The van der Waals surface area contributed by atoms with E-state index < -0.39 is 47.3 Å². The van der Waals surface area contributed by atoms with Crippen molar-refractivity contribution in [2.24, 2.45) is 0 Å². The molecule has 0 aliphatic carbocycles. The van der Waals surface area contributed by atoms with Gasteiger partial charge in [-0.25, -0.2) is 9.18 Å². The van der Waals surface area contributed by atoms with Gasteiger partial charge in [-0.3, -0.25) is 9.36 Å². The third-order valence-electron chi connectivity index (χ3n) is 5.85. The predicted molar refractivity (Wildman–Crippen MR) is 128 cm³/mol. The van der Waals surface area contributed by atoms with Crippen molar-refractivity contribution in [1.29, 1.82) is 0 Å². The third-order valence-corrected chi connectivity index (χ3v) is 5.85. The van der Waals surface area contributed by atoms with Crippen molar-refractivity contribution in [3.8, 4) is 0 Å². The normalized spacial score (nSPS) is 23.5. The van der Waals surface area contributed by atoms with Crippen LogP contribution in [0.1, 0.15) is 31.2 Å². The molecule has 4 unspecified atom stereocenters. The molecule has 0 spiro atoms. The number of esters is 1. The quantitative estimate of drug-likeness (QED) is 0.449. The van der Waals surface area contributed by atoms with Gasteiger partial charge in [-0.05, 0) is 18.1 Å². The number of carbonyl (C=O) groups is 1. The lowest BCUT2D eigenvalue weighted by Crippen LogP contribution is -2.47. The molecule has 0 bridgehead atoms. The highest BCUT2D eigenvalue weighted by Crippen LogP contribution is 2.41. The van der Waals surface area contributed by atoms with Crippen LogP contribution in [0, 0.1) is 5.82 Å². The van der Waals surface area contributed by atoms with Gasteiger partial charge in [0.1, 0.15) is 11.7 Å². The summed E-state index contributed by atoms with van der Waals surface area (Å²) in [5.74, 6) is -2.06. The molecule has 1 aromatic heterocycles. The fourth-order valence-electron chi connectivity index (χ4n) is 4.17. The van der Waals surface area contributed by atoms with Crippen LogP contribution in [0.2, 0.25) is 0 Å². The maximum Gasteiger partial charge on any atom is 0.351 e. The molecule has 1 aliphatic heterocycles. The highest BCUT2D eigenvalue weighted by Gasteiger charge is 2.56. The van der Waals surface area contributed by atoms with Crippen LogP contribution in [0.25, 0.3) is 0 Å². The summed E-state index contributed by atoms with van der Waals surface area (Å²) in [6, 6.07) is 19.0. The van der Waals surface area contributed by atoms with E-state index in [2.05, 4.69) is 4.98 Å². The van der Waals surface area contributed by atoms with Gasteiger partial charge in [0.25, 0.3) is 0 Å². The van der Waals surface area contributed by atoms with Gasteiger partial charge in [0.2, 0.25) is 0 Å². The van der Waals surface area contributed by atoms with E-state index in [-0.39, 0.29) is 13.2 Å². The van der Waals surface area contributed by atoms with Gasteiger partial charge >= 0.3 is 11.7 Å². The van der Waals surface area contributed by atoms with E-state index >= 15 is 0 Å². The van der Waals surface area contributed by atoms with E-state index in [0.717, 1.165) is 21.9 Å². The summed E-state index contributed by atoms with van der Waals surface area (Å²) in [6.45, 7) is 3.48. The summed E-state index contributed by atoms with van der Waals surface area (Å²) in [6.07, 6.45) is -2.31. The minimum Gasteiger partial charge on any atom is -0.455 e. The molecular weight excluding hydrogens is 469 g/mol. The highest BCUT2D eigenvalue weighted by molar-refractivity contribution is 5.66. The minimum atomic E-state index is -1.23. The van der Waals surface area contributed by atoms with Crippen LogP contribution in [-0.4, -0.2) is 39.9 Å². The van der Waals surface area contributed by atoms with Crippen molar-refractivity contribution in [1.82, 2.24) is 9.55 Å². The number of nitrogen functional groups attached to an aromatic ring is 1. The number of benzene rings is 2. The highest BCUT2D eigenvalue weighted by atomic mass is 19.1. The molecule has 1 aliphatic rings. The first-order valence-corrected chi connectivity index (χ1v) is 11.4. The standard InChI is InChI=1S/C26H28FN3O6/c1-17(31)35-21-22(34-15-19-11-7-4-8-12-19)26(2,16-33-14-18-9-5-3-6-10-18)36-24(21)30-13-20(27)23(28)29-25(30)32/h3-13,21-22,24H,14-16H2,1-2H3,(H2,28,29,32). The van der Waals surface area contributed by atoms with Crippen molar-refractivity contribution in [2.75, 3.05) is 12.3 Å². The van der Waals surface area contributed by atoms with Crippen molar-refractivity contribution in [3.63, 3.8) is 0 Å². The number of aromatic nitrogens is 2. The zero-order valence-corrected chi connectivity index (χ0v) is 20.0. The average Bonchev–Trinajstić information content (AvgIpc) is 3.12. The minimum absolute atomic E-state index is 0.0370. The molecule has 2 heterocycles. The SMILES string of the molecule is CC(=O)OC1C(n2cc(F)c(N)nc2=O)OC(C)(COCc2ccccc2)C1OCc1ccccc1. The molecule has 9 nitrogen and oxygen atoms in total. The first kappa shape index (κ1) is 25.5. The number of hydrogen-bond donors (Lipinski definition) is 1. The Morgan fingerprint density at radius 2 is 1.72 bits per heavy atom. The van der Waals surface area contributed by atoms with Crippen molar-refractivity contribution in [3.05, 3.63) is 94.3 Å². The van der Waals surface area contributed by atoms with E-state index in [9.17, 15) is 14.0 Å². The number of halogens is 1. The lowest BCUT2D eigenvalue weighted by Gasteiger charge is -2.31. The monoisotopic (exact) mass is 497 g/mol. The molecule has 10 heteroatoms. The number of hydrogen-bond acceptors (Lipinski definition) is 8. The molecule has 0 radical (unpaired) electrons. The van der Waals surface area contributed by atoms with Crippen LogP contribution in [0.4, 0.5) is 10.2 Å². The molecule has 4 rings (SSSR count). The number of nitrogens with zero attached hydrogens (tertiary/aromatic N) is 2. The van der Waals surface area contributed by atoms with Gasteiger partial charge in [0.05, 0.1) is 26.0 Å². The smallest absolute Gasteiger partial charge is 0.351 e. The molecular formula is C26H28FN3O6. The van der Waals surface area contributed by atoms with Crippen LogP contribution < -0.4 is 11.4 Å². The molecule has 1 saturated heterocycles. The van der Waals surface area contributed by atoms with E-state index in [1.807, 2.05) is 60.7 Å². The second kappa shape index (κ2) is 11.0. The molecule has 0 amide bonds. The second-order valence-electron chi connectivity index (χ2n) is 8.75. The number of ether oxygens (including phenoxy) is 4. The Balaban J connectivity index is 1.65. The number of rotatable bonds is 9. The Morgan fingerprint density at radius 1 is 1.11 bits per heavy atom. The Hall–Kier alpha value is -3.60. The van der Waals surface area contributed by atoms with Gasteiger partial charge in [-0.1, -0.05) is 60.7 Å². The molecule has 3 aromatic rings. The van der Waals surface area contributed by atoms with Gasteiger partial charge in [0, 0.05) is 6.92 Å². The Labute approximate surface area is 207 Å². The molecule has 2 N–H and O–H groups in total. The number of nitrogens with two attached hydrogens (primary N) is 1. The van der Waals surface area contributed by atoms with Crippen LogP contribution in [-0.2, 0) is 37.0 Å². The first-order valence-electron chi connectivity index (χ1n) is 11.4. The lowest BCUT2D eigenvalue weighted by molar-refractivity contribution is -0.159. The topological polar surface area (TPSA) is 115 Å². The molecule has 190 valence electrons. The number of carbonyl (C=O) groups excluding carboxylic acids is 1. The zero-order valence-electron chi connectivity index (χ0n) is 20.0. The summed E-state index contributed by atoms with van der Waals surface area (Å²) in [5.41, 5.74) is 5.25. The van der Waals surface area contributed by atoms with E-state index in [1.165, 1.54) is 6.92 Å². The van der Waals surface area contributed by atoms with Crippen molar-refractivity contribution in [2.45, 2.75) is 51.1 Å². The molecule has 0 saturated carbocycles.